The number of ketones is 2. The molecular formula is C13H25NO4. The molecule has 0 radical (unpaired) electrons. The molecule has 0 amide bonds. The topological polar surface area (TPSA) is 101 Å². The summed E-state index contributed by atoms with van der Waals surface area (Å²) < 4.78 is 0. The van der Waals surface area contributed by atoms with Crippen molar-refractivity contribution in [1.82, 2.24) is 0 Å². The van der Waals surface area contributed by atoms with Gasteiger partial charge in [-0.15, -0.1) is 0 Å². The second-order valence-electron chi connectivity index (χ2n) is 5.73. The molecule has 18 heavy (non-hydrogen) atoms. The average Bonchev–Trinajstić information content (AvgIpc) is 2.30. The Morgan fingerprint density at radius 3 is 2.06 bits per heavy atom. The number of hydrogen-bond donors (Lipinski definition) is 3. The van der Waals surface area contributed by atoms with Gasteiger partial charge in [0.25, 0.3) is 0 Å². The van der Waals surface area contributed by atoms with E-state index in [2.05, 4.69) is 0 Å². The van der Waals surface area contributed by atoms with Crippen LogP contribution in [0.3, 0.4) is 0 Å². The first kappa shape index (κ1) is 17.2. The third-order valence-electron chi connectivity index (χ3n) is 2.84. The zero-order chi connectivity index (χ0) is 14.3. The van der Waals surface area contributed by atoms with Gasteiger partial charge < -0.3 is 15.9 Å². The lowest BCUT2D eigenvalue weighted by Crippen LogP contribution is -2.39. The molecule has 1 atom stereocenters. The van der Waals surface area contributed by atoms with Crippen molar-refractivity contribution in [1.29, 1.82) is 0 Å². The predicted octanol–water partition coefficient (Wildman–Crippen LogP) is 0.269. The summed E-state index contributed by atoms with van der Waals surface area (Å²) in [6, 6.07) is -0.629. The monoisotopic (exact) mass is 259 g/mol. The maximum atomic E-state index is 11.8. The van der Waals surface area contributed by atoms with E-state index in [9.17, 15) is 9.59 Å². The molecule has 0 aliphatic carbocycles. The van der Waals surface area contributed by atoms with Gasteiger partial charge in [0.2, 0.25) is 0 Å². The van der Waals surface area contributed by atoms with Gasteiger partial charge in [0, 0.05) is 37.4 Å². The summed E-state index contributed by atoms with van der Waals surface area (Å²) in [4.78, 5) is 23.4. The molecule has 0 aromatic rings. The van der Waals surface area contributed by atoms with E-state index >= 15 is 0 Å². The fourth-order valence-electron chi connectivity index (χ4n) is 1.61. The highest BCUT2D eigenvalue weighted by Crippen LogP contribution is 2.18. The molecule has 0 aliphatic heterocycles. The molecule has 0 aliphatic rings. The minimum atomic E-state index is -0.629. The minimum absolute atomic E-state index is 0.0591. The van der Waals surface area contributed by atoms with Crippen LogP contribution < -0.4 is 5.73 Å². The van der Waals surface area contributed by atoms with Gasteiger partial charge in [0.05, 0.1) is 6.04 Å². The van der Waals surface area contributed by atoms with Crippen LogP contribution in [0.15, 0.2) is 0 Å². The highest BCUT2D eigenvalue weighted by molar-refractivity contribution is 5.89. The van der Waals surface area contributed by atoms with Crippen LogP contribution in [0.25, 0.3) is 0 Å². The maximum Gasteiger partial charge on any atom is 0.154 e. The summed E-state index contributed by atoms with van der Waals surface area (Å²) in [7, 11) is 0. The van der Waals surface area contributed by atoms with E-state index in [1.165, 1.54) is 0 Å². The second-order valence-corrected chi connectivity index (χ2v) is 5.73. The lowest BCUT2D eigenvalue weighted by molar-refractivity contribution is -0.128. The van der Waals surface area contributed by atoms with Crippen LogP contribution in [0.5, 0.6) is 0 Å². The fourth-order valence-corrected chi connectivity index (χ4v) is 1.61. The molecule has 0 bridgehead atoms. The summed E-state index contributed by atoms with van der Waals surface area (Å²) in [6.45, 7) is 4.96. The lowest BCUT2D eigenvalue weighted by atomic mass is 9.85. The minimum Gasteiger partial charge on any atom is -0.396 e. The molecule has 0 rings (SSSR count). The summed E-state index contributed by atoms with van der Waals surface area (Å²) in [5.74, 6) is -0.552. The molecule has 0 saturated carbocycles. The summed E-state index contributed by atoms with van der Waals surface area (Å²) in [6.07, 6.45) is 0.654. The average molecular weight is 259 g/mol. The van der Waals surface area contributed by atoms with E-state index in [0.717, 1.165) is 0 Å². The Hall–Kier alpha value is -0.780. The van der Waals surface area contributed by atoms with Gasteiger partial charge in [0.15, 0.2) is 5.78 Å². The van der Waals surface area contributed by atoms with Crippen LogP contribution in [0.4, 0.5) is 0 Å². The number of hydrogen-bond acceptors (Lipinski definition) is 5. The Labute approximate surface area is 108 Å². The van der Waals surface area contributed by atoms with Gasteiger partial charge in [-0.25, -0.2) is 0 Å². The fraction of sp³-hybridized carbons (Fsp3) is 0.846. The summed E-state index contributed by atoms with van der Waals surface area (Å²) in [5.41, 5.74) is 5.25. The number of nitrogens with two attached hydrogens (primary N) is 1. The molecule has 1 unspecified atom stereocenters. The summed E-state index contributed by atoms with van der Waals surface area (Å²) >= 11 is 0. The molecule has 0 saturated heterocycles. The van der Waals surface area contributed by atoms with Crippen LogP contribution in [-0.4, -0.2) is 41.0 Å². The van der Waals surface area contributed by atoms with Crippen LogP contribution >= 0.6 is 0 Å². The van der Waals surface area contributed by atoms with E-state index in [1.807, 2.05) is 0 Å². The molecular weight excluding hydrogens is 234 g/mol. The van der Waals surface area contributed by atoms with Crippen molar-refractivity contribution in [2.75, 3.05) is 13.2 Å². The number of aliphatic hydroxyl groups excluding tert-OH is 2. The van der Waals surface area contributed by atoms with Gasteiger partial charge in [0.1, 0.15) is 5.78 Å². The number of Topliss-reactive ketones (excluding diaryl/α,β-unsaturated/α-hetero) is 2. The molecule has 0 aromatic carbocycles. The molecule has 0 heterocycles. The molecule has 4 N–H and O–H groups in total. The quantitative estimate of drug-likeness (QED) is 0.581. The normalized spacial score (nSPS) is 13.7. The van der Waals surface area contributed by atoms with Crippen LogP contribution in [0.2, 0.25) is 0 Å². The van der Waals surface area contributed by atoms with Crippen molar-refractivity contribution >= 4 is 11.6 Å². The van der Waals surface area contributed by atoms with Gasteiger partial charge in [-0.3, -0.25) is 9.59 Å². The summed E-state index contributed by atoms with van der Waals surface area (Å²) in [5, 5.41) is 17.7. The van der Waals surface area contributed by atoms with Gasteiger partial charge >= 0.3 is 0 Å². The molecule has 0 spiro atoms. The molecule has 5 heteroatoms. The van der Waals surface area contributed by atoms with E-state index < -0.39 is 17.4 Å². The van der Waals surface area contributed by atoms with E-state index in [4.69, 9.17) is 15.9 Å². The van der Waals surface area contributed by atoms with Crippen molar-refractivity contribution in [3.8, 4) is 0 Å². The third kappa shape index (κ3) is 6.23. The van der Waals surface area contributed by atoms with Crippen LogP contribution in [0, 0.1) is 11.3 Å². The number of aliphatic hydroxyl groups is 2. The molecule has 0 fully saturated rings. The smallest absolute Gasteiger partial charge is 0.154 e. The van der Waals surface area contributed by atoms with Crippen LogP contribution in [-0.2, 0) is 9.59 Å². The maximum absolute atomic E-state index is 11.8. The number of carbonyl (C=O) groups is 2. The molecule has 5 nitrogen and oxygen atoms in total. The highest BCUT2D eigenvalue weighted by atomic mass is 16.3. The van der Waals surface area contributed by atoms with Crippen molar-refractivity contribution in [2.45, 2.75) is 46.1 Å². The van der Waals surface area contributed by atoms with E-state index in [-0.39, 0.29) is 37.6 Å². The second kappa shape index (κ2) is 7.61. The first-order chi connectivity index (χ1) is 8.22. The predicted molar refractivity (Wildman–Crippen MR) is 69.0 cm³/mol. The highest BCUT2D eigenvalue weighted by Gasteiger charge is 2.27. The van der Waals surface area contributed by atoms with E-state index in [1.54, 1.807) is 20.8 Å². The number of rotatable bonds is 8. The Morgan fingerprint density at radius 2 is 1.67 bits per heavy atom. The Bertz CT molecular complexity index is 279. The SMILES string of the molecule is CC(C)(C)C(=O)C(N)CCC(=O)CC(CO)CO. The largest absolute Gasteiger partial charge is 0.396 e. The van der Waals surface area contributed by atoms with Gasteiger partial charge in [-0.2, -0.15) is 0 Å². The van der Waals surface area contributed by atoms with Crippen molar-refractivity contribution in [2.24, 2.45) is 17.1 Å². The van der Waals surface area contributed by atoms with E-state index in [0.29, 0.717) is 6.42 Å². The molecule has 0 aromatic heterocycles. The first-order valence-corrected chi connectivity index (χ1v) is 6.25. The Morgan fingerprint density at radius 1 is 1.17 bits per heavy atom. The van der Waals surface area contributed by atoms with Crippen molar-refractivity contribution in [3.05, 3.63) is 0 Å². The van der Waals surface area contributed by atoms with Gasteiger partial charge in [-0.05, 0) is 6.42 Å². The number of carbonyl (C=O) groups excluding carboxylic acids is 2. The standard InChI is InChI=1S/C13H25NO4/c1-13(2,3)12(18)11(14)5-4-10(17)6-9(7-15)8-16/h9,11,15-16H,4-8,14H2,1-3H3. The van der Waals surface area contributed by atoms with Crippen molar-refractivity contribution < 1.29 is 19.8 Å². The molecule has 106 valence electrons. The van der Waals surface area contributed by atoms with Crippen molar-refractivity contribution in [3.63, 3.8) is 0 Å². The first-order valence-electron chi connectivity index (χ1n) is 6.25. The zero-order valence-electron chi connectivity index (χ0n) is 11.5. The van der Waals surface area contributed by atoms with Gasteiger partial charge in [-0.1, -0.05) is 20.8 Å². The zero-order valence-corrected chi connectivity index (χ0v) is 11.5. The Balaban J connectivity index is 4.10. The van der Waals surface area contributed by atoms with Crippen LogP contribution in [0.1, 0.15) is 40.0 Å². The Kier molecular flexibility index (Phi) is 7.28. The lowest BCUT2D eigenvalue weighted by Gasteiger charge is -2.21. The third-order valence-corrected chi connectivity index (χ3v) is 2.84.